The molecule has 0 saturated heterocycles. The van der Waals surface area contributed by atoms with E-state index >= 15 is 0 Å². The second-order valence-electron chi connectivity index (χ2n) is 6.76. The Labute approximate surface area is 217 Å². The molecule has 0 rings (SSSR count). The number of hydrogen-bond acceptors (Lipinski definition) is 16. The molecule has 0 spiro atoms. The lowest BCUT2D eigenvalue weighted by Gasteiger charge is -2.27. The van der Waals surface area contributed by atoms with Crippen molar-refractivity contribution >= 4 is 31.3 Å². The van der Waals surface area contributed by atoms with Crippen molar-refractivity contribution in [1.82, 2.24) is 0 Å². The van der Waals surface area contributed by atoms with Gasteiger partial charge in [-0.15, -0.1) is 0 Å². The molecule has 0 saturated carbocycles. The van der Waals surface area contributed by atoms with Crippen LogP contribution in [0.1, 0.15) is 41.5 Å². The standard InChI is InChI=1S/C14H34O17P4.2CH4/c1-3-13(9-15)10-30-34(21,22)27-7-5-25-33(19,20)26-6-8-28-35(23,24)31-12-14(4-2)11-29-32(16,17)18;;/h13-15H,3-12H2,1-2H3,(H,19,20)(H,21,22)(H,23,24)(H2,16,17,18);2*1H4/p-4. The van der Waals surface area contributed by atoms with Crippen LogP contribution in [0.3, 0.4) is 0 Å². The maximum Gasteiger partial charge on any atom is 0.268 e. The van der Waals surface area contributed by atoms with Crippen molar-refractivity contribution < 1.29 is 79.5 Å². The Hall–Kier alpha value is 0.400. The second-order valence-corrected chi connectivity index (χ2v) is 12.2. The molecule has 37 heavy (non-hydrogen) atoms. The van der Waals surface area contributed by atoms with Gasteiger partial charge in [-0.3, -0.25) is 18.3 Å². The summed E-state index contributed by atoms with van der Waals surface area (Å²) in [5, 5.41) is 8.97. The third-order valence-electron chi connectivity index (χ3n) is 3.99. The molecule has 0 aromatic rings. The second kappa shape index (κ2) is 20.3. The van der Waals surface area contributed by atoms with Crippen molar-refractivity contribution in [1.29, 1.82) is 0 Å². The first kappa shape index (κ1) is 41.9. The van der Waals surface area contributed by atoms with Gasteiger partial charge >= 0.3 is 0 Å². The zero-order valence-electron chi connectivity index (χ0n) is 19.0. The van der Waals surface area contributed by atoms with Crippen LogP contribution in [0.25, 0.3) is 0 Å². The molecular formula is C16H38O17P4-4. The molecule has 228 valence electrons. The summed E-state index contributed by atoms with van der Waals surface area (Å²) in [5.41, 5.74) is 0. The summed E-state index contributed by atoms with van der Waals surface area (Å²) in [6.45, 7) is -1.47. The van der Waals surface area contributed by atoms with Crippen molar-refractivity contribution in [3.05, 3.63) is 0 Å². The van der Waals surface area contributed by atoms with E-state index in [0.29, 0.717) is 6.42 Å². The Bertz CT molecular complexity index is 770. The van der Waals surface area contributed by atoms with Gasteiger partial charge in [0.15, 0.2) is 0 Å². The summed E-state index contributed by atoms with van der Waals surface area (Å²) >= 11 is 0. The van der Waals surface area contributed by atoms with Gasteiger partial charge in [0, 0.05) is 18.4 Å². The molecule has 6 unspecified atom stereocenters. The van der Waals surface area contributed by atoms with Crippen molar-refractivity contribution in [3.63, 3.8) is 0 Å². The molecule has 0 bridgehead atoms. The SMILES string of the molecule is C.C.CCC(CO)COP(=O)([O-])OCCOP(=O)([O-])OCCOP(=O)([O-])OCC(CC)COP(=O)([O-])O. The molecule has 0 aliphatic rings. The highest BCUT2D eigenvalue weighted by atomic mass is 31.2. The van der Waals surface area contributed by atoms with E-state index < -0.39 is 82.8 Å². The Balaban J connectivity index is -0.00000578. The zero-order chi connectivity index (χ0) is 27.2. The fraction of sp³-hybridized carbons (Fsp3) is 1.00. The van der Waals surface area contributed by atoms with E-state index in [1.54, 1.807) is 13.8 Å². The average Bonchev–Trinajstić information content (AvgIpc) is 2.74. The van der Waals surface area contributed by atoms with Gasteiger partial charge in [0.05, 0.1) is 46.2 Å². The topological polar surface area (TPSA) is 266 Å². The monoisotopic (exact) mass is 626 g/mol. The summed E-state index contributed by atoms with van der Waals surface area (Å²) < 4.78 is 76.1. The maximum atomic E-state index is 11.7. The lowest BCUT2D eigenvalue weighted by Crippen LogP contribution is -2.20. The molecule has 0 radical (unpaired) electrons. The van der Waals surface area contributed by atoms with Gasteiger partial charge in [-0.1, -0.05) is 28.7 Å². The largest absolute Gasteiger partial charge is 0.756 e. The minimum atomic E-state index is -4.98. The summed E-state index contributed by atoms with van der Waals surface area (Å²) in [6.07, 6.45) is 0.693. The van der Waals surface area contributed by atoms with Gasteiger partial charge in [0.1, 0.15) is 0 Å². The van der Waals surface area contributed by atoms with Crippen LogP contribution in [0.4, 0.5) is 0 Å². The first-order chi connectivity index (χ1) is 16.0. The molecule has 0 heterocycles. The van der Waals surface area contributed by atoms with E-state index in [9.17, 15) is 37.8 Å². The molecule has 0 aromatic carbocycles. The molecule has 0 fully saturated rings. The summed E-state index contributed by atoms with van der Waals surface area (Å²) in [7, 11) is -19.6. The first-order valence-electron chi connectivity index (χ1n) is 10.1. The number of aliphatic hydroxyl groups is 1. The minimum absolute atomic E-state index is 0. The average molecular weight is 626 g/mol. The smallest absolute Gasteiger partial charge is 0.268 e. The molecule has 21 heteroatoms. The molecular weight excluding hydrogens is 588 g/mol. The highest BCUT2D eigenvalue weighted by molar-refractivity contribution is 7.46. The summed E-state index contributed by atoms with van der Waals surface area (Å²) in [4.78, 5) is 53.9. The third kappa shape index (κ3) is 24.0. The minimum Gasteiger partial charge on any atom is -0.756 e. The molecule has 0 aliphatic carbocycles. The Morgan fingerprint density at radius 2 is 0.892 bits per heavy atom. The quantitative estimate of drug-likeness (QED) is 0.121. The van der Waals surface area contributed by atoms with E-state index in [0.717, 1.165) is 0 Å². The molecule has 2 N–H and O–H groups in total. The summed E-state index contributed by atoms with van der Waals surface area (Å²) in [5.74, 6) is -1.14. The summed E-state index contributed by atoms with van der Waals surface area (Å²) in [6, 6.07) is 0. The number of aliphatic hydroxyl groups excluding tert-OH is 1. The highest BCUT2D eigenvalue weighted by Crippen LogP contribution is 2.42. The van der Waals surface area contributed by atoms with E-state index in [4.69, 9.17) is 10.00 Å². The highest BCUT2D eigenvalue weighted by Gasteiger charge is 2.18. The van der Waals surface area contributed by atoms with Gasteiger partial charge in [0.2, 0.25) is 0 Å². The Kier molecular flexibility index (Phi) is 23.0. The Morgan fingerprint density at radius 3 is 1.19 bits per heavy atom. The molecule has 17 nitrogen and oxygen atoms in total. The van der Waals surface area contributed by atoms with Gasteiger partial charge < -0.3 is 61.2 Å². The van der Waals surface area contributed by atoms with Crippen LogP contribution in [-0.2, 0) is 49.9 Å². The first-order valence-corrected chi connectivity index (χ1v) is 16.0. The van der Waals surface area contributed by atoms with Crippen molar-refractivity contribution in [2.45, 2.75) is 41.5 Å². The van der Waals surface area contributed by atoms with Gasteiger partial charge in [-0.25, -0.2) is 0 Å². The molecule has 6 atom stereocenters. The van der Waals surface area contributed by atoms with Crippen LogP contribution in [0, 0.1) is 11.8 Å². The van der Waals surface area contributed by atoms with Crippen molar-refractivity contribution in [2.24, 2.45) is 11.8 Å². The number of rotatable bonds is 22. The molecule has 0 amide bonds. The van der Waals surface area contributed by atoms with Gasteiger partial charge in [0.25, 0.3) is 31.3 Å². The van der Waals surface area contributed by atoms with Gasteiger partial charge in [-0.2, -0.15) is 0 Å². The third-order valence-corrected chi connectivity index (χ3v) is 7.39. The van der Waals surface area contributed by atoms with Crippen LogP contribution >= 0.6 is 31.3 Å². The van der Waals surface area contributed by atoms with Crippen molar-refractivity contribution in [2.75, 3.05) is 52.9 Å². The Morgan fingerprint density at radius 1 is 0.595 bits per heavy atom. The van der Waals surface area contributed by atoms with E-state index in [1.165, 1.54) is 0 Å². The van der Waals surface area contributed by atoms with Crippen LogP contribution < -0.4 is 19.6 Å². The fourth-order valence-corrected chi connectivity index (χ4v) is 4.49. The van der Waals surface area contributed by atoms with E-state index in [-0.39, 0.29) is 34.5 Å². The molecule has 0 aromatic heterocycles. The maximum absolute atomic E-state index is 11.7. The van der Waals surface area contributed by atoms with Crippen LogP contribution in [0.15, 0.2) is 0 Å². The number of phosphoric acid groups is 4. The van der Waals surface area contributed by atoms with Crippen LogP contribution in [0.5, 0.6) is 0 Å². The predicted molar refractivity (Wildman–Crippen MR) is 122 cm³/mol. The molecule has 0 aliphatic heterocycles. The lowest BCUT2D eigenvalue weighted by molar-refractivity contribution is -0.236. The van der Waals surface area contributed by atoms with Crippen LogP contribution in [-0.4, -0.2) is 62.9 Å². The fourth-order valence-electron chi connectivity index (χ4n) is 1.88. The zero-order valence-corrected chi connectivity index (χ0v) is 22.6. The van der Waals surface area contributed by atoms with Crippen LogP contribution in [0.2, 0.25) is 0 Å². The number of hydrogen-bond donors (Lipinski definition) is 2. The van der Waals surface area contributed by atoms with E-state index in [1.807, 2.05) is 0 Å². The number of phosphoric ester groups is 4. The van der Waals surface area contributed by atoms with Crippen molar-refractivity contribution in [3.8, 4) is 0 Å². The predicted octanol–water partition coefficient (Wildman–Crippen LogP) is 0.285. The van der Waals surface area contributed by atoms with Gasteiger partial charge in [-0.05, 0) is 12.8 Å². The van der Waals surface area contributed by atoms with E-state index in [2.05, 4.69) is 31.7 Å². The normalized spacial score (nSPS) is 19.7. The lowest BCUT2D eigenvalue weighted by atomic mass is 10.1.